The Labute approximate surface area is 211 Å². The molecule has 10 nitrogen and oxygen atoms in total. The van der Waals surface area contributed by atoms with Gasteiger partial charge in [-0.3, -0.25) is 19.9 Å². The number of H-pyrrole nitrogens is 2. The van der Waals surface area contributed by atoms with E-state index in [1.165, 1.54) is 0 Å². The van der Waals surface area contributed by atoms with Gasteiger partial charge in [0.2, 0.25) is 5.91 Å². The summed E-state index contributed by atoms with van der Waals surface area (Å²) in [6, 6.07) is 11.5. The van der Waals surface area contributed by atoms with Gasteiger partial charge in [-0.25, -0.2) is 15.0 Å². The van der Waals surface area contributed by atoms with Crippen molar-refractivity contribution in [3.05, 3.63) is 67.4 Å². The third-order valence-corrected chi connectivity index (χ3v) is 5.99. The van der Waals surface area contributed by atoms with Gasteiger partial charge in [0, 0.05) is 41.3 Å². The Morgan fingerprint density at radius 1 is 0.919 bits per heavy atom. The number of imidazole rings is 1. The first-order valence-electron chi connectivity index (χ1n) is 11.7. The fourth-order valence-corrected chi connectivity index (χ4v) is 3.99. The molecule has 0 unspecified atom stereocenters. The van der Waals surface area contributed by atoms with Crippen molar-refractivity contribution in [2.75, 3.05) is 5.32 Å². The first kappa shape index (κ1) is 22.5. The summed E-state index contributed by atoms with van der Waals surface area (Å²) in [5.41, 5.74) is 6.95. The van der Waals surface area contributed by atoms with Gasteiger partial charge >= 0.3 is 0 Å². The smallest absolute Gasteiger partial charge is 0.229 e. The molecule has 0 aliphatic carbocycles. The number of fused-ring (bicyclic) bond motifs is 2. The summed E-state index contributed by atoms with van der Waals surface area (Å²) in [5, 5.41) is 10.4. The van der Waals surface area contributed by atoms with E-state index in [2.05, 4.69) is 35.5 Å². The highest BCUT2D eigenvalue weighted by Gasteiger charge is 2.22. The minimum absolute atomic E-state index is 0.0865. The molecule has 37 heavy (non-hydrogen) atoms. The van der Waals surface area contributed by atoms with Crippen LogP contribution in [0.25, 0.3) is 56.1 Å². The number of nitrogens with zero attached hydrogens (tertiary/aromatic N) is 6. The molecular weight excluding hydrogens is 466 g/mol. The van der Waals surface area contributed by atoms with Crippen LogP contribution >= 0.6 is 0 Å². The third kappa shape index (κ3) is 4.18. The number of pyridine rings is 4. The Balaban J connectivity index is 1.40. The Morgan fingerprint density at radius 3 is 2.57 bits per heavy atom. The van der Waals surface area contributed by atoms with Crippen molar-refractivity contribution in [2.24, 2.45) is 5.41 Å². The zero-order chi connectivity index (χ0) is 25.6. The molecule has 3 N–H and O–H groups in total. The predicted molar refractivity (Wildman–Crippen MR) is 141 cm³/mol. The first-order valence-corrected chi connectivity index (χ1v) is 11.7. The van der Waals surface area contributed by atoms with Gasteiger partial charge in [0.15, 0.2) is 17.2 Å². The molecule has 0 saturated heterocycles. The molecule has 1 amide bonds. The summed E-state index contributed by atoms with van der Waals surface area (Å²) in [6.07, 6.45) is 8.58. The van der Waals surface area contributed by atoms with Gasteiger partial charge in [0.25, 0.3) is 0 Å². The van der Waals surface area contributed by atoms with Crippen LogP contribution in [0.5, 0.6) is 0 Å². The van der Waals surface area contributed by atoms with Gasteiger partial charge in [-0.1, -0.05) is 20.8 Å². The molecule has 10 heteroatoms. The van der Waals surface area contributed by atoms with Crippen molar-refractivity contribution >= 4 is 33.8 Å². The van der Waals surface area contributed by atoms with Crippen LogP contribution in [0, 0.1) is 5.41 Å². The molecule has 6 heterocycles. The molecule has 6 aromatic rings. The zero-order valence-corrected chi connectivity index (χ0v) is 20.4. The lowest BCUT2D eigenvalue weighted by Crippen LogP contribution is -2.27. The molecule has 0 fully saturated rings. The minimum Gasteiger partial charge on any atom is -0.335 e. The average Bonchev–Trinajstić information content (AvgIpc) is 3.52. The van der Waals surface area contributed by atoms with Crippen LogP contribution in [0.4, 0.5) is 5.69 Å². The van der Waals surface area contributed by atoms with E-state index in [-0.39, 0.29) is 5.91 Å². The Kier molecular flexibility index (Phi) is 5.22. The lowest BCUT2D eigenvalue weighted by molar-refractivity contribution is -0.123. The quantitative estimate of drug-likeness (QED) is 0.317. The Hall–Kier alpha value is -4.99. The second-order valence-electron chi connectivity index (χ2n) is 9.71. The van der Waals surface area contributed by atoms with Crippen molar-refractivity contribution < 1.29 is 4.79 Å². The van der Waals surface area contributed by atoms with Crippen molar-refractivity contribution in [3.63, 3.8) is 0 Å². The molecule has 182 valence electrons. The SMILES string of the molecule is CC(C)(C)C(=O)Nc1cncc(-c2ccc3[nH]nc(-c4nc5nccc(-c6ccncc6)c5[nH]4)c3n2)c1. The predicted octanol–water partition coefficient (Wildman–Crippen LogP) is 5.00. The molecule has 6 aromatic heterocycles. The number of hydrogen-bond acceptors (Lipinski definition) is 7. The van der Waals surface area contributed by atoms with E-state index in [1.807, 2.05) is 57.2 Å². The third-order valence-electron chi connectivity index (χ3n) is 5.99. The van der Waals surface area contributed by atoms with Gasteiger partial charge in [-0.15, -0.1) is 0 Å². The van der Waals surface area contributed by atoms with E-state index < -0.39 is 5.41 Å². The molecule has 6 rings (SSSR count). The molecule has 0 bridgehead atoms. The molecule has 0 saturated carbocycles. The van der Waals surface area contributed by atoms with E-state index in [1.54, 1.807) is 31.0 Å². The monoisotopic (exact) mass is 489 g/mol. The number of hydrogen-bond donors (Lipinski definition) is 3. The van der Waals surface area contributed by atoms with Crippen molar-refractivity contribution in [1.82, 2.24) is 40.1 Å². The second-order valence-corrected chi connectivity index (χ2v) is 9.71. The summed E-state index contributed by atoms with van der Waals surface area (Å²) in [5.74, 6) is 0.473. The molecule has 0 atom stereocenters. The van der Waals surface area contributed by atoms with Crippen LogP contribution in [0.15, 0.2) is 67.4 Å². The van der Waals surface area contributed by atoms with Crippen molar-refractivity contribution in [3.8, 4) is 33.9 Å². The second kappa shape index (κ2) is 8.59. The molecule has 0 aliphatic heterocycles. The summed E-state index contributed by atoms with van der Waals surface area (Å²) in [4.78, 5) is 38.2. The van der Waals surface area contributed by atoms with Crippen LogP contribution in [-0.2, 0) is 4.79 Å². The molecule has 0 aliphatic rings. The van der Waals surface area contributed by atoms with Gasteiger partial charge < -0.3 is 10.3 Å². The van der Waals surface area contributed by atoms with Gasteiger partial charge in [-0.05, 0) is 42.0 Å². The van der Waals surface area contributed by atoms with E-state index in [4.69, 9.17) is 9.97 Å². The topological polar surface area (TPSA) is 138 Å². The van der Waals surface area contributed by atoms with Crippen LogP contribution in [0.1, 0.15) is 20.8 Å². The highest BCUT2D eigenvalue weighted by Crippen LogP contribution is 2.31. The zero-order valence-electron chi connectivity index (χ0n) is 20.4. The fraction of sp³-hybridized carbons (Fsp3) is 0.148. The summed E-state index contributed by atoms with van der Waals surface area (Å²) in [6.45, 7) is 5.59. The Bertz CT molecular complexity index is 1760. The number of rotatable bonds is 4. The largest absolute Gasteiger partial charge is 0.335 e. The number of aromatic nitrogens is 8. The molecule has 0 spiro atoms. The van der Waals surface area contributed by atoms with Gasteiger partial charge in [0.1, 0.15) is 5.52 Å². The lowest BCUT2D eigenvalue weighted by atomic mass is 9.95. The van der Waals surface area contributed by atoms with Gasteiger partial charge in [0.05, 0.1) is 28.6 Å². The summed E-state index contributed by atoms with van der Waals surface area (Å²) >= 11 is 0. The standard InChI is InChI=1S/C27H23N9O/c1-27(2,3)26(37)31-17-12-16(13-29-14-17)19-4-5-20-22(32-19)23(36-35-20)25-33-21-18(8-11-30-24(21)34-25)15-6-9-28-10-7-15/h4-14H,1-3H3,(H,31,37)(H,35,36)(H,30,33,34). The number of aromatic amines is 2. The van der Waals surface area contributed by atoms with E-state index >= 15 is 0 Å². The Morgan fingerprint density at radius 2 is 1.76 bits per heavy atom. The summed E-state index contributed by atoms with van der Waals surface area (Å²) in [7, 11) is 0. The summed E-state index contributed by atoms with van der Waals surface area (Å²) < 4.78 is 0. The van der Waals surface area contributed by atoms with Crippen LogP contribution in [-0.4, -0.2) is 46.0 Å². The molecule has 0 radical (unpaired) electrons. The van der Waals surface area contributed by atoms with E-state index in [0.29, 0.717) is 34.1 Å². The number of carbonyl (C=O) groups excluding carboxylic acids is 1. The number of carbonyl (C=O) groups is 1. The number of nitrogens with one attached hydrogen (secondary N) is 3. The maximum absolute atomic E-state index is 12.4. The molecule has 0 aromatic carbocycles. The normalized spacial score (nSPS) is 11.8. The van der Waals surface area contributed by atoms with Crippen LogP contribution < -0.4 is 5.32 Å². The number of amides is 1. The maximum Gasteiger partial charge on any atom is 0.229 e. The minimum atomic E-state index is -0.516. The highest BCUT2D eigenvalue weighted by atomic mass is 16.2. The van der Waals surface area contributed by atoms with Crippen LogP contribution in [0.3, 0.4) is 0 Å². The van der Waals surface area contributed by atoms with Gasteiger partial charge in [-0.2, -0.15) is 5.10 Å². The van der Waals surface area contributed by atoms with E-state index in [9.17, 15) is 4.79 Å². The van der Waals surface area contributed by atoms with Crippen LogP contribution in [0.2, 0.25) is 0 Å². The average molecular weight is 490 g/mol. The molecular formula is C27H23N9O. The number of anilines is 1. The lowest BCUT2D eigenvalue weighted by Gasteiger charge is -2.17. The first-order chi connectivity index (χ1) is 17.9. The van der Waals surface area contributed by atoms with Crippen molar-refractivity contribution in [2.45, 2.75) is 20.8 Å². The van der Waals surface area contributed by atoms with Crippen molar-refractivity contribution in [1.29, 1.82) is 0 Å². The van der Waals surface area contributed by atoms with E-state index in [0.717, 1.165) is 27.7 Å². The maximum atomic E-state index is 12.4. The fourth-order valence-electron chi connectivity index (χ4n) is 3.99. The highest BCUT2D eigenvalue weighted by molar-refractivity contribution is 5.96.